The lowest BCUT2D eigenvalue weighted by atomic mass is 9.93. The molecule has 7 heteroatoms. The molecule has 0 saturated carbocycles. The standard InChI is InChI=1S/C13H22N4OS2/c1-2-17-11(8-14)15-16-12(17)20-10-3-5-18-13(7-10)4-6-19-9-13/h10H,2-9,14H2,1H3. The van der Waals surface area contributed by atoms with Gasteiger partial charge in [-0.2, -0.15) is 11.8 Å². The SMILES string of the molecule is CCn1c(CN)nnc1SC1CCOC2(CCSC2)C1. The summed E-state index contributed by atoms with van der Waals surface area (Å²) in [5.74, 6) is 3.27. The lowest BCUT2D eigenvalue weighted by Crippen LogP contribution is -2.41. The Morgan fingerprint density at radius 1 is 1.55 bits per heavy atom. The van der Waals surface area contributed by atoms with Gasteiger partial charge in [-0.1, -0.05) is 11.8 Å². The van der Waals surface area contributed by atoms with Crippen LogP contribution in [0.1, 0.15) is 32.0 Å². The first kappa shape index (κ1) is 14.7. The fraction of sp³-hybridized carbons (Fsp3) is 0.846. The van der Waals surface area contributed by atoms with E-state index >= 15 is 0 Å². The number of aromatic nitrogens is 3. The number of ether oxygens (including phenoxy) is 1. The highest BCUT2D eigenvalue weighted by Gasteiger charge is 2.41. The average molecular weight is 314 g/mol. The van der Waals surface area contributed by atoms with Gasteiger partial charge in [-0.15, -0.1) is 10.2 Å². The first-order valence-electron chi connectivity index (χ1n) is 7.27. The Morgan fingerprint density at radius 3 is 3.15 bits per heavy atom. The molecule has 20 heavy (non-hydrogen) atoms. The quantitative estimate of drug-likeness (QED) is 0.916. The lowest BCUT2D eigenvalue weighted by Gasteiger charge is -2.37. The first-order valence-corrected chi connectivity index (χ1v) is 9.30. The molecule has 3 rings (SSSR count). The van der Waals surface area contributed by atoms with E-state index in [9.17, 15) is 0 Å². The second-order valence-electron chi connectivity index (χ2n) is 5.41. The van der Waals surface area contributed by atoms with Crippen LogP contribution in [0.2, 0.25) is 0 Å². The normalized spacial score (nSPS) is 30.2. The molecular formula is C13H22N4OS2. The Hall–Kier alpha value is -0.240. The summed E-state index contributed by atoms with van der Waals surface area (Å²) in [7, 11) is 0. The number of nitrogens with zero attached hydrogens (tertiary/aromatic N) is 3. The van der Waals surface area contributed by atoms with Gasteiger partial charge in [0.15, 0.2) is 5.16 Å². The molecule has 0 aliphatic carbocycles. The van der Waals surface area contributed by atoms with E-state index in [0.717, 1.165) is 42.7 Å². The van der Waals surface area contributed by atoms with Crippen LogP contribution in [0.3, 0.4) is 0 Å². The second kappa shape index (κ2) is 6.25. The molecule has 5 nitrogen and oxygen atoms in total. The van der Waals surface area contributed by atoms with Gasteiger partial charge in [-0.25, -0.2) is 0 Å². The zero-order valence-corrected chi connectivity index (χ0v) is 13.5. The smallest absolute Gasteiger partial charge is 0.191 e. The van der Waals surface area contributed by atoms with Gasteiger partial charge in [0.1, 0.15) is 5.82 Å². The molecule has 2 unspecified atom stereocenters. The molecule has 3 heterocycles. The van der Waals surface area contributed by atoms with Crippen LogP contribution in [0.25, 0.3) is 0 Å². The second-order valence-corrected chi connectivity index (χ2v) is 7.79. The maximum absolute atomic E-state index is 6.08. The summed E-state index contributed by atoms with van der Waals surface area (Å²) in [5, 5.41) is 10.1. The molecule has 1 aromatic rings. The van der Waals surface area contributed by atoms with Gasteiger partial charge in [0.05, 0.1) is 12.1 Å². The summed E-state index contributed by atoms with van der Waals surface area (Å²) >= 11 is 3.88. The van der Waals surface area contributed by atoms with Crippen LogP contribution >= 0.6 is 23.5 Å². The predicted octanol–water partition coefficient (Wildman–Crippen LogP) is 1.90. The van der Waals surface area contributed by atoms with Crippen LogP contribution in [-0.2, 0) is 17.8 Å². The molecular weight excluding hydrogens is 292 g/mol. The van der Waals surface area contributed by atoms with Crippen molar-refractivity contribution in [3.05, 3.63) is 5.82 Å². The lowest BCUT2D eigenvalue weighted by molar-refractivity contribution is -0.0562. The maximum Gasteiger partial charge on any atom is 0.191 e. The van der Waals surface area contributed by atoms with Crippen molar-refractivity contribution in [3.63, 3.8) is 0 Å². The first-order chi connectivity index (χ1) is 9.76. The van der Waals surface area contributed by atoms with Crippen molar-refractivity contribution in [1.29, 1.82) is 0 Å². The Morgan fingerprint density at radius 2 is 2.45 bits per heavy atom. The Kier molecular flexibility index (Phi) is 4.59. The van der Waals surface area contributed by atoms with Gasteiger partial charge in [-0.05, 0) is 31.9 Å². The molecule has 2 fully saturated rings. The molecule has 1 spiro atoms. The minimum absolute atomic E-state index is 0.133. The number of hydrogen-bond acceptors (Lipinski definition) is 6. The van der Waals surface area contributed by atoms with Gasteiger partial charge < -0.3 is 15.0 Å². The van der Waals surface area contributed by atoms with E-state index in [-0.39, 0.29) is 5.60 Å². The molecule has 112 valence electrons. The van der Waals surface area contributed by atoms with Crippen molar-refractivity contribution in [1.82, 2.24) is 14.8 Å². The predicted molar refractivity (Wildman–Crippen MR) is 83.1 cm³/mol. The summed E-state index contributed by atoms with van der Waals surface area (Å²) in [5.41, 5.74) is 5.85. The topological polar surface area (TPSA) is 66.0 Å². The minimum Gasteiger partial charge on any atom is -0.374 e. The largest absolute Gasteiger partial charge is 0.374 e. The van der Waals surface area contributed by atoms with E-state index in [1.165, 1.54) is 12.2 Å². The number of hydrogen-bond donors (Lipinski definition) is 1. The van der Waals surface area contributed by atoms with Crippen LogP contribution < -0.4 is 5.73 Å². The molecule has 2 aliphatic rings. The number of rotatable bonds is 4. The van der Waals surface area contributed by atoms with Gasteiger partial charge in [0.2, 0.25) is 0 Å². The van der Waals surface area contributed by atoms with Crippen LogP contribution in [-0.4, -0.2) is 43.7 Å². The summed E-state index contributed by atoms with van der Waals surface area (Å²) in [6, 6.07) is 0. The monoisotopic (exact) mass is 314 g/mol. The van der Waals surface area contributed by atoms with Gasteiger partial charge in [-0.3, -0.25) is 0 Å². The van der Waals surface area contributed by atoms with Crippen molar-refractivity contribution in [2.24, 2.45) is 5.73 Å². The summed E-state index contributed by atoms with van der Waals surface area (Å²) in [4.78, 5) is 0. The highest BCUT2D eigenvalue weighted by atomic mass is 32.2. The number of nitrogens with two attached hydrogens (primary N) is 1. The van der Waals surface area contributed by atoms with Gasteiger partial charge in [0, 0.05) is 24.2 Å². The van der Waals surface area contributed by atoms with E-state index in [4.69, 9.17) is 10.5 Å². The van der Waals surface area contributed by atoms with Crippen LogP contribution in [0.4, 0.5) is 0 Å². The van der Waals surface area contributed by atoms with Gasteiger partial charge in [0.25, 0.3) is 0 Å². The average Bonchev–Trinajstić information content (AvgIpc) is 3.06. The third-order valence-electron chi connectivity index (χ3n) is 4.08. The Bertz CT molecular complexity index is 459. The molecule has 2 saturated heterocycles. The molecule has 2 aliphatic heterocycles. The fourth-order valence-electron chi connectivity index (χ4n) is 2.97. The summed E-state index contributed by atoms with van der Waals surface area (Å²) in [6.45, 7) is 4.33. The van der Waals surface area contributed by atoms with Crippen molar-refractivity contribution >= 4 is 23.5 Å². The zero-order chi connectivity index (χ0) is 14.0. The number of thioether (sulfide) groups is 2. The minimum atomic E-state index is 0.133. The zero-order valence-electron chi connectivity index (χ0n) is 11.9. The van der Waals surface area contributed by atoms with Gasteiger partial charge >= 0.3 is 0 Å². The van der Waals surface area contributed by atoms with Crippen molar-refractivity contribution in [2.45, 2.75) is 55.3 Å². The van der Waals surface area contributed by atoms with Crippen molar-refractivity contribution in [3.8, 4) is 0 Å². The highest BCUT2D eigenvalue weighted by Crippen LogP contribution is 2.42. The molecule has 0 bridgehead atoms. The highest BCUT2D eigenvalue weighted by molar-refractivity contribution is 8.00. The maximum atomic E-state index is 6.08. The molecule has 0 aromatic carbocycles. The Labute approximate surface area is 128 Å². The third-order valence-corrected chi connectivity index (χ3v) is 6.55. The summed E-state index contributed by atoms with van der Waals surface area (Å²) < 4.78 is 8.22. The van der Waals surface area contributed by atoms with Crippen LogP contribution in [0.15, 0.2) is 5.16 Å². The van der Waals surface area contributed by atoms with Crippen molar-refractivity contribution < 1.29 is 4.74 Å². The Balaban J connectivity index is 1.69. The van der Waals surface area contributed by atoms with E-state index in [1.54, 1.807) is 0 Å². The van der Waals surface area contributed by atoms with Crippen LogP contribution in [0.5, 0.6) is 0 Å². The summed E-state index contributed by atoms with van der Waals surface area (Å²) in [6.07, 6.45) is 3.44. The molecule has 0 radical (unpaired) electrons. The van der Waals surface area contributed by atoms with Crippen molar-refractivity contribution in [2.75, 3.05) is 18.1 Å². The molecule has 2 atom stereocenters. The molecule has 0 amide bonds. The van der Waals surface area contributed by atoms with Crippen LogP contribution in [0, 0.1) is 0 Å². The fourth-order valence-corrected chi connectivity index (χ4v) is 5.70. The van der Waals surface area contributed by atoms with E-state index in [2.05, 4.69) is 21.7 Å². The van der Waals surface area contributed by atoms with E-state index in [0.29, 0.717) is 11.8 Å². The third kappa shape index (κ3) is 2.86. The van der Waals surface area contributed by atoms with E-state index < -0.39 is 0 Å². The van der Waals surface area contributed by atoms with E-state index in [1.807, 2.05) is 23.5 Å². The molecule has 1 aromatic heterocycles. The molecule has 2 N–H and O–H groups in total.